The fourth-order valence-corrected chi connectivity index (χ4v) is 2.98. The zero-order valence-electron chi connectivity index (χ0n) is 12.7. The highest BCUT2D eigenvalue weighted by molar-refractivity contribution is 5.82. The van der Waals surface area contributed by atoms with Crippen molar-refractivity contribution in [3.8, 4) is 0 Å². The molecule has 1 nitrogen and oxygen atoms in total. The second kappa shape index (κ2) is 6.59. The van der Waals surface area contributed by atoms with Crippen LogP contribution in [0.5, 0.6) is 0 Å². The average Bonchev–Trinajstić information content (AvgIpc) is 2.57. The van der Waals surface area contributed by atoms with E-state index in [2.05, 4.69) is 5.32 Å². The highest BCUT2D eigenvalue weighted by Gasteiger charge is 2.30. The maximum absolute atomic E-state index is 12.8. The summed E-state index contributed by atoms with van der Waals surface area (Å²) in [4.78, 5) is 0. The molecule has 1 aliphatic heterocycles. The molecular weight excluding hydrogens is 299 g/mol. The molecular formula is C19H18F3N. The fraction of sp³-hybridized carbons (Fsp3) is 0.263. The van der Waals surface area contributed by atoms with Crippen molar-refractivity contribution in [2.45, 2.75) is 19.0 Å². The lowest BCUT2D eigenvalue weighted by Gasteiger charge is -2.21. The molecule has 1 saturated heterocycles. The van der Waals surface area contributed by atoms with E-state index in [0.29, 0.717) is 0 Å². The van der Waals surface area contributed by atoms with E-state index < -0.39 is 11.7 Å². The Kier molecular flexibility index (Phi) is 4.53. The van der Waals surface area contributed by atoms with Crippen molar-refractivity contribution in [2.75, 3.05) is 13.1 Å². The van der Waals surface area contributed by atoms with Gasteiger partial charge in [-0.05, 0) is 54.8 Å². The molecule has 1 aliphatic rings. The van der Waals surface area contributed by atoms with Crippen LogP contribution in [0.3, 0.4) is 0 Å². The molecule has 1 N–H and O–H groups in total. The van der Waals surface area contributed by atoms with Gasteiger partial charge in [0.1, 0.15) is 0 Å². The van der Waals surface area contributed by atoms with Gasteiger partial charge in [-0.3, -0.25) is 0 Å². The number of hydrogen-bond acceptors (Lipinski definition) is 1. The largest absolute Gasteiger partial charge is 0.416 e. The van der Waals surface area contributed by atoms with Gasteiger partial charge in [-0.15, -0.1) is 0 Å². The number of hydrogen-bond donors (Lipinski definition) is 1. The minimum atomic E-state index is -4.30. The van der Waals surface area contributed by atoms with Gasteiger partial charge in [-0.25, -0.2) is 0 Å². The zero-order valence-corrected chi connectivity index (χ0v) is 12.7. The first-order valence-corrected chi connectivity index (χ1v) is 7.71. The van der Waals surface area contributed by atoms with Crippen molar-refractivity contribution in [2.24, 2.45) is 0 Å². The molecule has 2 aromatic carbocycles. The topological polar surface area (TPSA) is 12.0 Å². The summed E-state index contributed by atoms with van der Waals surface area (Å²) >= 11 is 0. The number of nitrogens with one attached hydrogen (secondary N) is 1. The molecule has 0 amide bonds. The minimum Gasteiger partial charge on any atom is -0.316 e. The standard InChI is InChI=1S/C19H18F3N/c20-19(21,22)17-8-6-15(7-9-17)18(14-4-2-1-3-5-14)16-10-12-23-13-11-16/h1-9,23H,10-13H2. The smallest absolute Gasteiger partial charge is 0.316 e. The first-order chi connectivity index (χ1) is 11.1. The van der Waals surface area contributed by atoms with Crippen molar-refractivity contribution in [1.29, 1.82) is 0 Å². The summed E-state index contributed by atoms with van der Waals surface area (Å²) in [6.45, 7) is 1.82. The number of alkyl halides is 3. The number of rotatable bonds is 2. The van der Waals surface area contributed by atoms with Gasteiger partial charge in [0.2, 0.25) is 0 Å². The molecule has 0 unspecified atom stereocenters. The Bertz CT molecular complexity index is 677. The third kappa shape index (κ3) is 3.64. The van der Waals surface area contributed by atoms with Crippen molar-refractivity contribution in [3.63, 3.8) is 0 Å². The van der Waals surface area contributed by atoms with Crippen LogP contribution in [0.4, 0.5) is 13.2 Å². The molecule has 23 heavy (non-hydrogen) atoms. The second-order valence-corrected chi connectivity index (χ2v) is 5.67. The van der Waals surface area contributed by atoms with Crippen LogP contribution in [0.15, 0.2) is 60.2 Å². The van der Waals surface area contributed by atoms with E-state index in [1.54, 1.807) is 12.1 Å². The lowest BCUT2D eigenvalue weighted by molar-refractivity contribution is -0.137. The second-order valence-electron chi connectivity index (χ2n) is 5.67. The van der Waals surface area contributed by atoms with Crippen LogP contribution in [-0.2, 0) is 6.18 Å². The van der Waals surface area contributed by atoms with Gasteiger partial charge >= 0.3 is 6.18 Å². The first kappa shape index (κ1) is 15.8. The Morgan fingerprint density at radius 2 is 1.35 bits per heavy atom. The van der Waals surface area contributed by atoms with E-state index in [1.165, 1.54) is 17.7 Å². The molecule has 0 bridgehead atoms. The normalized spacial score (nSPS) is 15.5. The molecule has 0 saturated carbocycles. The maximum Gasteiger partial charge on any atom is 0.416 e. The van der Waals surface area contributed by atoms with Crippen molar-refractivity contribution in [1.82, 2.24) is 5.32 Å². The molecule has 3 rings (SSSR count). The highest BCUT2D eigenvalue weighted by Crippen LogP contribution is 2.34. The summed E-state index contributed by atoms with van der Waals surface area (Å²) in [6, 6.07) is 15.4. The number of piperidine rings is 1. The van der Waals surface area contributed by atoms with E-state index in [9.17, 15) is 13.2 Å². The van der Waals surface area contributed by atoms with Crippen LogP contribution in [0.25, 0.3) is 5.57 Å². The van der Waals surface area contributed by atoms with Crippen LogP contribution >= 0.6 is 0 Å². The van der Waals surface area contributed by atoms with E-state index in [1.807, 2.05) is 30.3 Å². The molecule has 1 heterocycles. The molecule has 0 spiro atoms. The molecule has 0 aliphatic carbocycles. The van der Waals surface area contributed by atoms with Gasteiger partial charge in [0, 0.05) is 0 Å². The van der Waals surface area contributed by atoms with Gasteiger partial charge in [0.25, 0.3) is 0 Å². The third-order valence-corrected chi connectivity index (χ3v) is 4.12. The molecule has 1 fully saturated rings. The molecule has 4 heteroatoms. The maximum atomic E-state index is 12.8. The van der Waals surface area contributed by atoms with E-state index in [4.69, 9.17) is 0 Å². The van der Waals surface area contributed by atoms with Gasteiger partial charge in [0.05, 0.1) is 5.56 Å². The van der Waals surface area contributed by atoms with Crippen molar-refractivity contribution >= 4 is 5.57 Å². The molecule has 0 aromatic heterocycles. The summed E-state index contributed by atoms with van der Waals surface area (Å²) in [5.41, 5.74) is 3.67. The Labute approximate surface area is 133 Å². The Balaban J connectivity index is 2.06. The summed E-state index contributed by atoms with van der Waals surface area (Å²) in [5.74, 6) is 0. The van der Waals surface area contributed by atoms with E-state index in [0.717, 1.165) is 42.6 Å². The predicted octanol–water partition coefficient (Wildman–Crippen LogP) is 4.89. The van der Waals surface area contributed by atoms with Gasteiger partial charge in [-0.1, -0.05) is 48.0 Å². The fourth-order valence-electron chi connectivity index (χ4n) is 2.98. The van der Waals surface area contributed by atoms with E-state index in [-0.39, 0.29) is 0 Å². The van der Waals surface area contributed by atoms with Crippen molar-refractivity contribution < 1.29 is 13.2 Å². The number of benzene rings is 2. The van der Waals surface area contributed by atoms with Crippen LogP contribution in [-0.4, -0.2) is 13.1 Å². The summed E-state index contributed by atoms with van der Waals surface area (Å²) in [5, 5.41) is 3.32. The predicted molar refractivity (Wildman–Crippen MR) is 86.0 cm³/mol. The molecule has 120 valence electrons. The quantitative estimate of drug-likeness (QED) is 0.831. The van der Waals surface area contributed by atoms with E-state index >= 15 is 0 Å². The number of halogens is 3. The minimum absolute atomic E-state index is 0.607. The summed E-state index contributed by atoms with van der Waals surface area (Å²) < 4.78 is 38.3. The van der Waals surface area contributed by atoms with Crippen LogP contribution in [0.1, 0.15) is 29.5 Å². The first-order valence-electron chi connectivity index (χ1n) is 7.71. The average molecular weight is 317 g/mol. The SMILES string of the molecule is FC(F)(F)c1ccc(C(=C2CCNCC2)c2ccccc2)cc1. The highest BCUT2D eigenvalue weighted by atomic mass is 19.4. The molecule has 2 aromatic rings. The van der Waals surface area contributed by atoms with Crippen LogP contribution in [0.2, 0.25) is 0 Å². The Morgan fingerprint density at radius 1 is 0.783 bits per heavy atom. The monoisotopic (exact) mass is 317 g/mol. The zero-order chi connectivity index (χ0) is 16.3. The lowest BCUT2D eigenvalue weighted by Crippen LogP contribution is -2.23. The van der Waals surface area contributed by atoms with Gasteiger partial charge in [-0.2, -0.15) is 13.2 Å². The summed E-state index contributed by atoms with van der Waals surface area (Å²) in [6.07, 6.45) is -2.45. The van der Waals surface area contributed by atoms with Crippen molar-refractivity contribution in [3.05, 3.63) is 76.9 Å². The Hall–Kier alpha value is -2.07. The lowest BCUT2D eigenvalue weighted by atomic mass is 9.88. The summed E-state index contributed by atoms with van der Waals surface area (Å²) in [7, 11) is 0. The molecule has 0 atom stereocenters. The molecule has 0 radical (unpaired) electrons. The Morgan fingerprint density at radius 3 is 1.91 bits per heavy atom. The van der Waals surface area contributed by atoms with Gasteiger partial charge < -0.3 is 5.32 Å². The van der Waals surface area contributed by atoms with Gasteiger partial charge in [0.15, 0.2) is 0 Å². The van der Waals surface area contributed by atoms with Crippen LogP contribution < -0.4 is 5.32 Å². The third-order valence-electron chi connectivity index (χ3n) is 4.12. The van der Waals surface area contributed by atoms with Crippen LogP contribution in [0, 0.1) is 0 Å².